The summed E-state index contributed by atoms with van der Waals surface area (Å²) >= 11 is 0. The van der Waals surface area contributed by atoms with Crippen molar-refractivity contribution in [3.8, 4) is 0 Å². The fraction of sp³-hybridized carbons (Fsp3) is 0.692. The number of nitrogens with zero attached hydrogens (tertiary/aromatic N) is 2. The molecule has 6 heteroatoms. The number of aliphatic hydroxyl groups is 1. The van der Waals surface area contributed by atoms with Crippen LogP contribution in [0.2, 0.25) is 0 Å². The van der Waals surface area contributed by atoms with Gasteiger partial charge < -0.3 is 14.7 Å². The first-order valence-electron chi connectivity index (χ1n) is 6.71. The number of aromatic nitrogens is 2. The first-order chi connectivity index (χ1) is 9.08. The van der Waals surface area contributed by atoms with Crippen LogP contribution in [0.5, 0.6) is 0 Å². The zero-order valence-electron chi connectivity index (χ0n) is 11.6. The summed E-state index contributed by atoms with van der Waals surface area (Å²) in [7, 11) is 0. The van der Waals surface area contributed by atoms with E-state index in [9.17, 15) is 4.79 Å². The summed E-state index contributed by atoms with van der Waals surface area (Å²) in [6.07, 6.45) is 0.703. The molecule has 0 saturated heterocycles. The molecule has 19 heavy (non-hydrogen) atoms. The van der Waals surface area contributed by atoms with Crippen molar-refractivity contribution in [3.63, 3.8) is 0 Å². The molecule has 106 valence electrons. The summed E-state index contributed by atoms with van der Waals surface area (Å²) in [6.45, 7) is 6.68. The molecule has 0 fully saturated rings. The smallest absolute Gasteiger partial charge is 0.274 e. The third-order valence-corrected chi connectivity index (χ3v) is 3.48. The molecule has 1 aromatic rings. The summed E-state index contributed by atoms with van der Waals surface area (Å²) in [5.41, 5.74) is 2.31. The normalized spacial score (nSPS) is 22.1. The van der Waals surface area contributed by atoms with Crippen molar-refractivity contribution >= 4 is 5.91 Å². The molecule has 0 spiro atoms. The Morgan fingerprint density at radius 1 is 1.58 bits per heavy atom. The van der Waals surface area contributed by atoms with Gasteiger partial charge in [-0.2, -0.15) is 5.10 Å². The van der Waals surface area contributed by atoms with Gasteiger partial charge in [0, 0.05) is 25.1 Å². The van der Waals surface area contributed by atoms with Crippen molar-refractivity contribution in [3.05, 3.63) is 17.0 Å². The molecular weight excluding hydrogens is 246 g/mol. The third kappa shape index (κ3) is 2.64. The molecule has 0 aromatic carbocycles. The van der Waals surface area contributed by atoms with Crippen LogP contribution in [-0.4, -0.2) is 51.9 Å². The highest BCUT2D eigenvalue weighted by Gasteiger charge is 2.30. The average molecular weight is 267 g/mol. The van der Waals surface area contributed by atoms with Gasteiger partial charge in [-0.15, -0.1) is 0 Å². The first-order valence-corrected chi connectivity index (χ1v) is 6.71. The highest BCUT2D eigenvalue weighted by molar-refractivity contribution is 5.94. The van der Waals surface area contributed by atoms with Crippen molar-refractivity contribution in [2.45, 2.75) is 39.4 Å². The van der Waals surface area contributed by atoms with Crippen molar-refractivity contribution < 1.29 is 14.6 Å². The van der Waals surface area contributed by atoms with E-state index in [0.717, 1.165) is 11.3 Å². The van der Waals surface area contributed by atoms with Crippen molar-refractivity contribution in [2.75, 3.05) is 19.7 Å². The summed E-state index contributed by atoms with van der Waals surface area (Å²) in [5, 5.41) is 16.1. The fourth-order valence-corrected chi connectivity index (χ4v) is 2.52. The number of likely N-dealkylation sites (N-methyl/N-ethyl adjacent to an activating group) is 1. The van der Waals surface area contributed by atoms with Gasteiger partial charge in [-0.3, -0.25) is 9.89 Å². The lowest BCUT2D eigenvalue weighted by atomic mass is 9.99. The summed E-state index contributed by atoms with van der Waals surface area (Å²) in [5.74, 6) is -0.129. The van der Waals surface area contributed by atoms with Crippen LogP contribution >= 0.6 is 0 Å². The largest absolute Gasteiger partial charge is 0.395 e. The van der Waals surface area contributed by atoms with Crippen LogP contribution in [-0.2, 0) is 11.2 Å². The van der Waals surface area contributed by atoms with Crippen molar-refractivity contribution in [1.82, 2.24) is 15.1 Å². The minimum absolute atomic E-state index is 0.0396. The van der Waals surface area contributed by atoms with E-state index >= 15 is 0 Å². The molecule has 1 aliphatic heterocycles. The maximum Gasteiger partial charge on any atom is 0.274 e. The zero-order chi connectivity index (χ0) is 14.0. The number of hydrogen-bond donors (Lipinski definition) is 2. The second-order valence-corrected chi connectivity index (χ2v) is 4.87. The number of fused-ring (bicyclic) bond motifs is 1. The topological polar surface area (TPSA) is 78.5 Å². The van der Waals surface area contributed by atoms with Crippen LogP contribution in [0.3, 0.4) is 0 Å². The zero-order valence-corrected chi connectivity index (χ0v) is 11.6. The number of rotatable bonds is 4. The molecule has 2 rings (SSSR count). The van der Waals surface area contributed by atoms with E-state index in [-0.39, 0.29) is 24.7 Å². The Morgan fingerprint density at radius 3 is 2.95 bits per heavy atom. The Hall–Kier alpha value is -1.40. The molecule has 0 radical (unpaired) electrons. The van der Waals surface area contributed by atoms with E-state index < -0.39 is 0 Å². The van der Waals surface area contributed by atoms with Crippen molar-refractivity contribution in [2.24, 2.45) is 0 Å². The number of nitrogens with one attached hydrogen (secondary N) is 1. The number of aromatic amines is 1. The lowest BCUT2D eigenvalue weighted by molar-refractivity contribution is -0.00702. The highest BCUT2D eigenvalue weighted by atomic mass is 16.5. The maximum atomic E-state index is 12.4. The van der Waals surface area contributed by atoms with Crippen molar-refractivity contribution in [1.29, 1.82) is 0 Å². The lowest BCUT2D eigenvalue weighted by Crippen LogP contribution is -2.34. The van der Waals surface area contributed by atoms with Gasteiger partial charge >= 0.3 is 0 Å². The standard InChI is InChI=1S/C13H21N3O3/c1-4-16(5-6-17)13(18)12-10-7-8(2)19-9(3)11(10)14-15-12/h8-9,17H,4-7H2,1-3H3,(H,14,15)/t8-,9+/m0/s1. The molecule has 2 heterocycles. The van der Waals surface area contributed by atoms with Gasteiger partial charge in [0.2, 0.25) is 0 Å². The van der Waals surface area contributed by atoms with E-state index in [2.05, 4.69) is 10.2 Å². The minimum Gasteiger partial charge on any atom is -0.395 e. The second kappa shape index (κ2) is 5.71. The number of carbonyl (C=O) groups excluding carboxylic acids is 1. The molecule has 1 aromatic heterocycles. The number of amides is 1. The summed E-state index contributed by atoms with van der Waals surface area (Å²) in [6, 6.07) is 0. The van der Waals surface area contributed by atoms with E-state index in [1.165, 1.54) is 0 Å². The Labute approximate surface area is 112 Å². The Balaban J connectivity index is 2.29. The van der Waals surface area contributed by atoms with Crippen LogP contribution in [0.15, 0.2) is 0 Å². The van der Waals surface area contributed by atoms with Crippen LogP contribution in [0.1, 0.15) is 48.6 Å². The summed E-state index contributed by atoms with van der Waals surface area (Å²) < 4.78 is 5.70. The molecule has 6 nitrogen and oxygen atoms in total. The highest BCUT2D eigenvalue weighted by Crippen LogP contribution is 2.30. The predicted octanol–water partition coefficient (Wildman–Crippen LogP) is 0.886. The maximum absolute atomic E-state index is 12.4. The quantitative estimate of drug-likeness (QED) is 0.849. The average Bonchev–Trinajstić information content (AvgIpc) is 2.79. The second-order valence-electron chi connectivity index (χ2n) is 4.87. The fourth-order valence-electron chi connectivity index (χ4n) is 2.52. The molecule has 0 unspecified atom stereocenters. The minimum atomic E-state index is -0.129. The first kappa shape index (κ1) is 14.0. The summed E-state index contributed by atoms with van der Waals surface area (Å²) in [4.78, 5) is 14.0. The van der Waals surface area contributed by atoms with Gasteiger partial charge in [0.1, 0.15) is 0 Å². The molecule has 2 atom stereocenters. The molecular formula is C13H21N3O3. The van der Waals surface area contributed by atoms with Gasteiger partial charge in [-0.1, -0.05) is 0 Å². The Bertz CT molecular complexity index is 458. The number of carbonyl (C=O) groups is 1. The number of hydrogen-bond acceptors (Lipinski definition) is 4. The Morgan fingerprint density at radius 2 is 2.32 bits per heavy atom. The van der Waals surface area contributed by atoms with Gasteiger partial charge in [-0.25, -0.2) is 0 Å². The van der Waals surface area contributed by atoms with Crippen LogP contribution in [0.4, 0.5) is 0 Å². The van der Waals surface area contributed by atoms with Crippen LogP contribution < -0.4 is 0 Å². The van der Waals surface area contributed by atoms with E-state index in [1.807, 2.05) is 20.8 Å². The number of ether oxygens (including phenoxy) is 1. The van der Waals surface area contributed by atoms with Crippen LogP contribution in [0, 0.1) is 0 Å². The molecule has 0 bridgehead atoms. The third-order valence-electron chi connectivity index (χ3n) is 3.48. The van der Waals surface area contributed by atoms with Gasteiger partial charge in [-0.05, 0) is 20.8 Å². The molecule has 0 saturated carbocycles. The Kier molecular flexibility index (Phi) is 4.21. The van der Waals surface area contributed by atoms with Gasteiger partial charge in [0.05, 0.1) is 24.5 Å². The number of aliphatic hydroxyl groups excluding tert-OH is 1. The molecule has 1 aliphatic rings. The van der Waals surface area contributed by atoms with Crippen LogP contribution in [0.25, 0.3) is 0 Å². The monoisotopic (exact) mass is 267 g/mol. The predicted molar refractivity (Wildman–Crippen MR) is 69.9 cm³/mol. The van der Waals surface area contributed by atoms with E-state index in [1.54, 1.807) is 4.90 Å². The molecule has 0 aliphatic carbocycles. The van der Waals surface area contributed by atoms with E-state index in [0.29, 0.717) is 25.2 Å². The molecule has 2 N–H and O–H groups in total. The number of H-pyrrole nitrogens is 1. The molecule has 1 amide bonds. The van der Waals surface area contributed by atoms with Gasteiger partial charge in [0.25, 0.3) is 5.91 Å². The lowest BCUT2D eigenvalue weighted by Gasteiger charge is -2.26. The SMILES string of the molecule is CCN(CCO)C(=O)c1n[nH]c2c1C[C@H](C)O[C@@H]2C. The van der Waals surface area contributed by atoms with Gasteiger partial charge in [0.15, 0.2) is 5.69 Å². The van der Waals surface area contributed by atoms with E-state index in [4.69, 9.17) is 9.84 Å².